The minimum absolute atomic E-state index is 0. The van der Waals surface area contributed by atoms with Gasteiger partial charge in [-0.25, -0.2) is 0 Å². The molecule has 50 valence electrons. The Morgan fingerprint density at radius 1 is 1.67 bits per heavy atom. The zero-order valence-corrected chi connectivity index (χ0v) is 8.77. The summed E-state index contributed by atoms with van der Waals surface area (Å²) in [6, 6.07) is 0. The smallest absolute Gasteiger partial charge is 1.00 e. The van der Waals surface area contributed by atoms with Crippen molar-refractivity contribution in [2.24, 2.45) is 5.92 Å². The molecule has 1 atom stereocenters. The van der Waals surface area contributed by atoms with Gasteiger partial charge in [0.2, 0.25) is 0 Å². The van der Waals surface area contributed by atoms with Gasteiger partial charge in [-0.3, -0.25) is 4.79 Å². The molecule has 0 radical (unpaired) electrons. The summed E-state index contributed by atoms with van der Waals surface area (Å²) in [5.74, 6) is -0.887. The molecule has 0 spiro atoms. The van der Waals surface area contributed by atoms with Gasteiger partial charge in [0, 0.05) is 0 Å². The van der Waals surface area contributed by atoms with Crippen LogP contribution in [0, 0.1) is 5.92 Å². The van der Waals surface area contributed by atoms with E-state index in [4.69, 9.17) is 5.11 Å². The van der Waals surface area contributed by atoms with E-state index >= 15 is 0 Å². The molecular weight excluding hydrogens is 150 g/mol. The molecule has 0 aliphatic rings. The maximum absolute atomic E-state index is 9.93. The predicted molar refractivity (Wildman–Crippen MR) is 27.1 cm³/mol. The number of aliphatic carboxylic acids is 1. The van der Waals surface area contributed by atoms with E-state index < -0.39 is 5.97 Å². The van der Waals surface area contributed by atoms with Crippen LogP contribution >= 0.6 is 0 Å². The van der Waals surface area contributed by atoms with E-state index in [-0.39, 0.29) is 47.9 Å². The first-order valence-electron chi connectivity index (χ1n) is 2.41. The normalized spacial score (nSPS) is 10.4. The number of halogens is 1. The number of hydrogen-bond donors (Lipinski definition) is 1. The van der Waals surface area contributed by atoms with Gasteiger partial charge in [-0.15, -0.1) is 0 Å². The Bertz CT molecular complexity index is 77.4. The third-order valence-corrected chi connectivity index (χ3v) is 1.03. The van der Waals surface area contributed by atoms with E-state index in [1.807, 2.05) is 6.92 Å². The van der Waals surface area contributed by atoms with Gasteiger partial charge in [-0.1, -0.05) is 13.8 Å². The second-order valence-corrected chi connectivity index (χ2v) is 1.65. The van der Waals surface area contributed by atoms with Crippen LogP contribution < -0.4 is 42.0 Å². The fourth-order valence-corrected chi connectivity index (χ4v) is 0.175. The van der Waals surface area contributed by atoms with Crippen LogP contribution in [0.15, 0.2) is 0 Å². The van der Waals surface area contributed by atoms with Crippen molar-refractivity contribution in [2.75, 3.05) is 0 Å². The molecule has 2 nitrogen and oxygen atoms in total. The van der Waals surface area contributed by atoms with Crippen molar-refractivity contribution in [3.05, 3.63) is 0 Å². The third-order valence-electron chi connectivity index (χ3n) is 1.03. The molecule has 0 aromatic rings. The predicted octanol–water partition coefficient (Wildman–Crippen LogP) is -4.87. The molecule has 0 bridgehead atoms. The molecule has 0 aromatic carbocycles. The van der Waals surface area contributed by atoms with Crippen LogP contribution in [-0.4, -0.2) is 11.1 Å². The van der Waals surface area contributed by atoms with Gasteiger partial charge in [-0.2, -0.15) is 0 Å². The summed E-state index contributed by atoms with van der Waals surface area (Å²) in [6.45, 7) is 3.56. The molecule has 0 saturated heterocycles. The van der Waals surface area contributed by atoms with Crippen LogP contribution in [0.4, 0.5) is 0 Å². The maximum Gasteiger partial charge on any atom is 1.00 e. The van der Waals surface area contributed by atoms with Gasteiger partial charge >= 0.3 is 35.5 Å². The first-order chi connectivity index (χ1) is 3.18. The summed E-state index contributed by atoms with van der Waals surface area (Å²) in [5.41, 5.74) is 0. The molecule has 1 N–H and O–H groups in total. The van der Waals surface area contributed by atoms with Crippen LogP contribution in [0.5, 0.6) is 0 Å². The Kier molecular flexibility index (Phi) is 16.0. The van der Waals surface area contributed by atoms with Gasteiger partial charge in [-0.05, 0) is 6.42 Å². The fourth-order valence-electron chi connectivity index (χ4n) is 0.175. The Morgan fingerprint density at radius 3 is 2.00 bits per heavy atom. The third kappa shape index (κ3) is 8.76. The molecule has 0 aromatic heterocycles. The number of carboxylic acid groups (broad SMARTS) is 1. The summed E-state index contributed by atoms with van der Waals surface area (Å²) < 4.78 is 0. The summed E-state index contributed by atoms with van der Waals surface area (Å²) in [7, 11) is 0. The minimum Gasteiger partial charge on any atom is -1.00 e. The fraction of sp³-hybridized carbons (Fsp3) is 0.800. The zero-order valence-electron chi connectivity index (χ0n) is 6.02. The van der Waals surface area contributed by atoms with Gasteiger partial charge in [0.15, 0.2) is 0 Å². The van der Waals surface area contributed by atoms with E-state index in [1.54, 1.807) is 6.92 Å². The number of carbonyl (C=O) groups is 1. The second kappa shape index (κ2) is 8.76. The summed E-state index contributed by atoms with van der Waals surface area (Å²) in [6.07, 6.45) is 0.718. The standard InChI is InChI=1S/C5H10O2.ClH.Na/c1-3-4(2)5(6)7;;/h4H,3H2,1-2H3,(H,6,7);1H;/q;;+1/p-1. The first-order valence-corrected chi connectivity index (χ1v) is 2.41. The molecule has 0 saturated carbocycles. The van der Waals surface area contributed by atoms with E-state index in [0.717, 1.165) is 6.42 Å². The maximum atomic E-state index is 9.93. The molecule has 0 heterocycles. The van der Waals surface area contributed by atoms with Crippen LogP contribution in [0.2, 0.25) is 0 Å². The molecule has 0 rings (SSSR count). The largest absolute Gasteiger partial charge is 1.00 e. The van der Waals surface area contributed by atoms with E-state index in [1.165, 1.54) is 0 Å². The van der Waals surface area contributed by atoms with E-state index in [9.17, 15) is 4.79 Å². The molecule has 9 heavy (non-hydrogen) atoms. The van der Waals surface area contributed by atoms with Crippen molar-refractivity contribution in [1.82, 2.24) is 0 Å². The summed E-state index contributed by atoms with van der Waals surface area (Å²) in [4.78, 5) is 9.93. The van der Waals surface area contributed by atoms with Crippen LogP contribution in [0.25, 0.3) is 0 Å². The number of rotatable bonds is 2. The topological polar surface area (TPSA) is 37.3 Å². The zero-order chi connectivity index (χ0) is 5.86. The van der Waals surface area contributed by atoms with Crippen molar-refractivity contribution in [1.29, 1.82) is 0 Å². The van der Waals surface area contributed by atoms with Gasteiger partial charge in [0.25, 0.3) is 0 Å². The Hall–Kier alpha value is 0.760. The second-order valence-electron chi connectivity index (χ2n) is 1.65. The Balaban J connectivity index is -0.000000180. The molecule has 0 amide bonds. The molecule has 0 aliphatic carbocycles. The number of hydrogen-bond acceptors (Lipinski definition) is 1. The average molecular weight is 161 g/mol. The quantitative estimate of drug-likeness (QED) is 0.412. The van der Waals surface area contributed by atoms with Gasteiger partial charge < -0.3 is 17.5 Å². The van der Waals surface area contributed by atoms with Crippen molar-refractivity contribution in [2.45, 2.75) is 20.3 Å². The monoisotopic (exact) mass is 160 g/mol. The van der Waals surface area contributed by atoms with Gasteiger partial charge in [0.1, 0.15) is 0 Å². The van der Waals surface area contributed by atoms with E-state index in [0.29, 0.717) is 0 Å². The van der Waals surface area contributed by atoms with Gasteiger partial charge in [0.05, 0.1) is 5.92 Å². The van der Waals surface area contributed by atoms with Crippen LogP contribution in [0.1, 0.15) is 20.3 Å². The summed E-state index contributed by atoms with van der Waals surface area (Å²) >= 11 is 0. The minimum atomic E-state index is -0.706. The van der Waals surface area contributed by atoms with Crippen LogP contribution in [-0.2, 0) is 4.79 Å². The summed E-state index contributed by atoms with van der Waals surface area (Å²) in [5, 5.41) is 8.18. The molecule has 0 fully saturated rings. The van der Waals surface area contributed by atoms with Crippen molar-refractivity contribution >= 4 is 5.97 Å². The van der Waals surface area contributed by atoms with E-state index in [2.05, 4.69) is 0 Å². The Morgan fingerprint density at radius 2 is 2.00 bits per heavy atom. The molecule has 4 heteroatoms. The van der Waals surface area contributed by atoms with Crippen molar-refractivity contribution < 1.29 is 51.9 Å². The number of carboxylic acids is 1. The molecule has 1 unspecified atom stereocenters. The van der Waals surface area contributed by atoms with Crippen LogP contribution in [0.3, 0.4) is 0 Å². The molecular formula is C5H10ClNaO2. The van der Waals surface area contributed by atoms with Crippen molar-refractivity contribution in [3.8, 4) is 0 Å². The Labute approximate surface area is 83.7 Å². The first kappa shape index (κ1) is 16.4. The molecule has 0 aliphatic heterocycles. The average Bonchev–Trinajstić information content (AvgIpc) is 1.65. The van der Waals surface area contributed by atoms with Crippen molar-refractivity contribution in [3.63, 3.8) is 0 Å². The SMILES string of the molecule is CCC(C)C(=O)O.[Cl-].[Na+].